The van der Waals surface area contributed by atoms with Crippen LogP contribution in [-0.2, 0) is 0 Å². The van der Waals surface area contributed by atoms with Gasteiger partial charge in [-0.15, -0.1) is 0 Å². The van der Waals surface area contributed by atoms with Gasteiger partial charge in [0.15, 0.2) is 0 Å². The Hall–Kier alpha value is -2.04. The van der Waals surface area contributed by atoms with Gasteiger partial charge < -0.3 is 15.1 Å². The maximum Gasteiger partial charge on any atom is 0.337 e. The van der Waals surface area contributed by atoms with Crippen molar-refractivity contribution in [3.8, 4) is 0 Å². The Kier molecular flexibility index (Phi) is 2.99. The average Bonchev–Trinajstić information content (AvgIpc) is 2.81. The molecule has 1 aliphatic rings. The number of hydrogen-bond acceptors (Lipinski definition) is 3. The molecule has 0 radical (unpaired) electrons. The van der Waals surface area contributed by atoms with E-state index in [0.717, 1.165) is 25.9 Å². The van der Waals surface area contributed by atoms with Gasteiger partial charge >= 0.3 is 11.9 Å². The molecule has 0 aliphatic carbocycles. The maximum absolute atomic E-state index is 11.1. The first-order valence-corrected chi connectivity index (χ1v) is 5.45. The van der Waals surface area contributed by atoms with Crippen molar-refractivity contribution in [1.29, 1.82) is 0 Å². The zero-order valence-corrected chi connectivity index (χ0v) is 9.22. The summed E-state index contributed by atoms with van der Waals surface area (Å²) in [5, 5.41) is 18.0. The van der Waals surface area contributed by atoms with Crippen LogP contribution in [-0.4, -0.2) is 35.2 Å². The second-order valence-corrected chi connectivity index (χ2v) is 4.04. The summed E-state index contributed by atoms with van der Waals surface area (Å²) in [6.07, 6.45) is 2.02. The van der Waals surface area contributed by atoms with E-state index in [-0.39, 0.29) is 11.1 Å². The van der Waals surface area contributed by atoms with Crippen LogP contribution in [0.4, 0.5) is 5.69 Å². The smallest absolute Gasteiger partial charge is 0.337 e. The van der Waals surface area contributed by atoms with Gasteiger partial charge in [-0.1, -0.05) is 0 Å². The second-order valence-electron chi connectivity index (χ2n) is 4.04. The van der Waals surface area contributed by atoms with Crippen LogP contribution in [0.1, 0.15) is 33.6 Å². The van der Waals surface area contributed by atoms with Crippen molar-refractivity contribution in [3.63, 3.8) is 0 Å². The lowest BCUT2D eigenvalue weighted by Crippen LogP contribution is -2.21. The normalized spacial score (nSPS) is 14.9. The third-order valence-corrected chi connectivity index (χ3v) is 2.92. The van der Waals surface area contributed by atoms with Crippen molar-refractivity contribution in [2.75, 3.05) is 18.0 Å². The summed E-state index contributed by atoms with van der Waals surface area (Å²) in [7, 11) is 0. The molecule has 17 heavy (non-hydrogen) atoms. The van der Waals surface area contributed by atoms with Gasteiger partial charge in [-0.3, -0.25) is 0 Å². The molecular weight excluding hydrogens is 222 g/mol. The summed E-state index contributed by atoms with van der Waals surface area (Å²) < 4.78 is 0. The van der Waals surface area contributed by atoms with Gasteiger partial charge in [0.25, 0.3) is 0 Å². The quantitative estimate of drug-likeness (QED) is 0.833. The van der Waals surface area contributed by atoms with Crippen molar-refractivity contribution < 1.29 is 19.8 Å². The van der Waals surface area contributed by atoms with Crippen LogP contribution >= 0.6 is 0 Å². The summed E-state index contributed by atoms with van der Waals surface area (Å²) in [6, 6.07) is 4.13. The van der Waals surface area contributed by atoms with E-state index in [4.69, 9.17) is 10.2 Å². The Morgan fingerprint density at radius 3 is 2.24 bits per heavy atom. The van der Waals surface area contributed by atoms with E-state index in [9.17, 15) is 9.59 Å². The van der Waals surface area contributed by atoms with E-state index in [0.29, 0.717) is 5.69 Å². The highest BCUT2D eigenvalue weighted by molar-refractivity contribution is 5.97. The molecule has 0 spiro atoms. The van der Waals surface area contributed by atoms with Gasteiger partial charge in [-0.25, -0.2) is 9.59 Å². The van der Waals surface area contributed by atoms with E-state index in [1.165, 1.54) is 18.2 Å². The van der Waals surface area contributed by atoms with Gasteiger partial charge in [0, 0.05) is 13.1 Å². The maximum atomic E-state index is 11.1. The SMILES string of the molecule is O=C(O)c1ccc(C(=O)O)c(N2CCCC2)c1. The lowest BCUT2D eigenvalue weighted by atomic mass is 10.1. The Balaban J connectivity index is 2.46. The fourth-order valence-electron chi connectivity index (χ4n) is 2.07. The fraction of sp³-hybridized carbons (Fsp3) is 0.333. The zero-order chi connectivity index (χ0) is 12.4. The second kappa shape index (κ2) is 4.45. The first kappa shape index (κ1) is 11.4. The van der Waals surface area contributed by atoms with E-state index in [1.807, 2.05) is 4.90 Å². The highest BCUT2D eigenvalue weighted by atomic mass is 16.4. The van der Waals surface area contributed by atoms with Crippen LogP contribution in [0.15, 0.2) is 18.2 Å². The van der Waals surface area contributed by atoms with Gasteiger partial charge in [-0.2, -0.15) is 0 Å². The Morgan fingerprint density at radius 2 is 1.71 bits per heavy atom. The number of carbonyl (C=O) groups is 2. The number of anilines is 1. The Labute approximate surface area is 98.3 Å². The minimum absolute atomic E-state index is 0.122. The van der Waals surface area contributed by atoms with E-state index < -0.39 is 11.9 Å². The number of hydrogen-bond donors (Lipinski definition) is 2. The molecule has 0 atom stereocenters. The number of carboxylic acid groups (broad SMARTS) is 2. The van der Waals surface area contributed by atoms with E-state index in [1.54, 1.807) is 0 Å². The highest BCUT2D eigenvalue weighted by Gasteiger charge is 2.20. The monoisotopic (exact) mass is 235 g/mol. The predicted molar refractivity (Wildman–Crippen MR) is 61.8 cm³/mol. The molecule has 0 amide bonds. The molecule has 1 fully saturated rings. The lowest BCUT2D eigenvalue weighted by Gasteiger charge is -2.20. The van der Waals surface area contributed by atoms with Crippen molar-refractivity contribution in [2.24, 2.45) is 0 Å². The summed E-state index contributed by atoms with van der Waals surface area (Å²) in [5.41, 5.74) is 0.795. The number of nitrogens with zero attached hydrogens (tertiary/aromatic N) is 1. The van der Waals surface area contributed by atoms with Crippen LogP contribution in [0, 0.1) is 0 Å². The molecule has 1 aliphatic heterocycles. The standard InChI is InChI=1S/C12H13NO4/c14-11(15)8-3-4-9(12(16)17)10(7-8)13-5-1-2-6-13/h3-4,7H,1-2,5-6H2,(H,14,15)(H,16,17). The van der Waals surface area contributed by atoms with Gasteiger partial charge in [-0.05, 0) is 31.0 Å². The summed E-state index contributed by atoms with van der Waals surface area (Å²) in [6.45, 7) is 1.56. The molecule has 90 valence electrons. The van der Waals surface area contributed by atoms with Crippen LogP contribution in [0.25, 0.3) is 0 Å². The molecule has 1 heterocycles. The molecular formula is C12H13NO4. The number of carboxylic acids is 2. The predicted octanol–water partition coefficient (Wildman–Crippen LogP) is 1.68. The average molecular weight is 235 g/mol. The van der Waals surface area contributed by atoms with Crippen molar-refractivity contribution in [1.82, 2.24) is 0 Å². The first-order valence-electron chi connectivity index (χ1n) is 5.45. The number of rotatable bonds is 3. The molecule has 0 bridgehead atoms. The summed E-state index contributed by atoms with van der Waals surface area (Å²) in [4.78, 5) is 23.9. The zero-order valence-electron chi connectivity index (χ0n) is 9.22. The van der Waals surface area contributed by atoms with Crippen LogP contribution in [0.3, 0.4) is 0 Å². The molecule has 1 aromatic rings. The van der Waals surface area contributed by atoms with Gasteiger partial charge in [0.2, 0.25) is 0 Å². The molecule has 5 nitrogen and oxygen atoms in total. The minimum Gasteiger partial charge on any atom is -0.478 e. The molecule has 0 aromatic heterocycles. The van der Waals surface area contributed by atoms with Crippen molar-refractivity contribution in [3.05, 3.63) is 29.3 Å². The third-order valence-electron chi connectivity index (χ3n) is 2.92. The van der Waals surface area contributed by atoms with Crippen LogP contribution in [0.2, 0.25) is 0 Å². The summed E-state index contributed by atoms with van der Waals surface area (Å²) >= 11 is 0. The molecule has 0 saturated carbocycles. The Morgan fingerprint density at radius 1 is 1.06 bits per heavy atom. The molecule has 0 unspecified atom stereocenters. The first-order chi connectivity index (χ1) is 8.09. The van der Waals surface area contributed by atoms with Crippen molar-refractivity contribution in [2.45, 2.75) is 12.8 Å². The molecule has 1 aromatic carbocycles. The van der Waals surface area contributed by atoms with Crippen LogP contribution in [0.5, 0.6) is 0 Å². The van der Waals surface area contributed by atoms with Crippen molar-refractivity contribution >= 4 is 17.6 Å². The largest absolute Gasteiger partial charge is 0.478 e. The molecule has 2 N–H and O–H groups in total. The fourth-order valence-corrected chi connectivity index (χ4v) is 2.07. The topological polar surface area (TPSA) is 77.8 Å². The highest BCUT2D eigenvalue weighted by Crippen LogP contribution is 2.26. The van der Waals surface area contributed by atoms with Gasteiger partial charge in [0.1, 0.15) is 0 Å². The molecule has 1 saturated heterocycles. The Bertz CT molecular complexity index is 464. The number of benzene rings is 1. The lowest BCUT2D eigenvalue weighted by molar-refractivity contribution is 0.0681. The summed E-state index contributed by atoms with van der Waals surface area (Å²) in [5.74, 6) is -2.06. The molecule has 5 heteroatoms. The van der Waals surface area contributed by atoms with E-state index in [2.05, 4.69) is 0 Å². The van der Waals surface area contributed by atoms with E-state index >= 15 is 0 Å². The van der Waals surface area contributed by atoms with Crippen LogP contribution < -0.4 is 4.90 Å². The van der Waals surface area contributed by atoms with Gasteiger partial charge in [0.05, 0.1) is 16.8 Å². The number of aromatic carboxylic acids is 2. The third kappa shape index (κ3) is 2.22. The minimum atomic E-state index is -1.04. The molecule has 2 rings (SSSR count).